The van der Waals surface area contributed by atoms with E-state index in [1.807, 2.05) is 19.1 Å². The van der Waals surface area contributed by atoms with Gasteiger partial charge < -0.3 is 10.0 Å². The predicted molar refractivity (Wildman–Crippen MR) is 125 cm³/mol. The fraction of sp³-hybridized carbons (Fsp3) is 0.333. The summed E-state index contributed by atoms with van der Waals surface area (Å²) in [5.41, 5.74) is 2.95. The summed E-state index contributed by atoms with van der Waals surface area (Å²) >= 11 is 1.48. The molecule has 0 bridgehead atoms. The van der Waals surface area contributed by atoms with Crippen LogP contribution in [0.4, 0.5) is 10.1 Å². The summed E-state index contributed by atoms with van der Waals surface area (Å²) < 4.78 is 15.8. The topological polar surface area (TPSA) is 56.9 Å². The van der Waals surface area contributed by atoms with Gasteiger partial charge in [0.05, 0.1) is 16.6 Å². The SMILES string of the molecule is CCc1nc2sc([C@@H](c3ccc(C)cc3)N3CCN(c4ccccc4F)CC3)c(O)n2n1. The van der Waals surface area contributed by atoms with Crippen molar-refractivity contribution in [1.29, 1.82) is 0 Å². The van der Waals surface area contributed by atoms with Crippen LogP contribution in [0.5, 0.6) is 5.88 Å². The van der Waals surface area contributed by atoms with Crippen LogP contribution in [-0.2, 0) is 6.42 Å². The highest BCUT2D eigenvalue weighted by Crippen LogP contribution is 2.40. The minimum absolute atomic E-state index is 0.114. The number of hydrogen-bond donors (Lipinski definition) is 1. The van der Waals surface area contributed by atoms with Gasteiger partial charge in [-0.25, -0.2) is 9.37 Å². The van der Waals surface area contributed by atoms with Gasteiger partial charge in [0.15, 0.2) is 5.82 Å². The molecule has 0 radical (unpaired) electrons. The number of nitrogens with zero attached hydrogens (tertiary/aromatic N) is 5. The van der Waals surface area contributed by atoms with E-state index < -0.39 is 0 Å². The monoisotopic (exact) mass is 451 g/mol. The average molecular weight is 452 g/mol. The Morgan fingerprint density at radius 2 is 1.78 bits per heavy atom. The number of aryl methyl sites for hydroxylation is 2. The number of benzene rings is 2. The van der Waals surface area contributed by atoms with Crippen molar-refractivity contribution >= 4 is 22.0 Å². The van der Waals surface area contributed by atoms with Crippen LogP contribution in [0.3, 0.4) is 0 Å². The molecule has 3 heterocycles. The van der Waals surface area contributed by atoms with Crippen LogP contribution in [0.15, 0.2) is 48.5 Å². The maximum absolute atomic E-state index is 14.3. The van der Waals surface area contributed by atoms with Gasteiger partial charge in [0.1, 0.15) is 5.82 Å². The molecule has 0 aliphatic carbocycles. The lowest BCUT2D eigenvalue weighted by Gasteiger charge is -2.40. The fourth-order valence-electron chi connectivity index (χ4n) is 4.32. The number of rotatable bonds is 5. The predicted octanol–water partition coefficient (Wildman–Crippen LogP) is 4.42. The number of thiazole rings is 1. The van der Waals surface area contributed by atoms with Crippen molar-refractivity contribution < 1.29 is 9.50 Å². The first-order chi connectivity index (χ1) is 15.5. The summed E-state index contributed by atoms with van der Waals surface area (Å²) in [7, 11) is 0. The second-order valence-electron chi connectivity index (χ2n) is 8.15. The number of aromatic nitrogens is 3. The van der Waals surface area contributed by atoms with Crippen LogP contribution in [0.25, 0.3) is 4.96 Å². The van der Waals surface area contributed by atoms with Crippen molar-refractivity contribution in [2.75, 3.05) is 31.1 Å². The van der Waals surface area contributed by atoms with Gasteiger partial charge in [-0.2, -0.15) is 4.52 Å². The van der Waals surface area contributed by atoms with Crippen LogP contribution in [0.1, 0.15) is 34.8 Å². The van der Waals surface area contributed by atoms with Gasteiger partial charge in [-0.05, 0) is 24.6 Å². The lowest BCUT2D eigenvalue weighted by Crippen LogP contribution is -2.48. The zero-order chi connectivity index (χ0) is 22.2. The molecule has 2 aromatic carbocycles. The summed E-state index contributed by atoms with van der Waals surface area (Å²) in [5, 5.41) is 15.5. The van der Waals surface area contributed by atoms with Crippen LogP contribution in [0, 0.1) is 12.7 Å². The first-order valence-corrected chi connectivity index (χ1v) is 11.7. The number of aromatic hydroxyl groups is 1. The van der Waals surface area contributed by atoms with Gasteiger partial charge in [-0.1, -0.05) is 60.2 Å². The third kappa shape index (κ3) is 3.73. The number of anilines is 1. The zero-order valence-corrected chi connectivity index (χ0v) is 19.0. The van der Waals surface area contributed by atoms with Crippen molar-refractivity contribution in [3.8, 4) is 5.88 Å². The third-order valence-electron chi connectivity index (χ3n) is 6.07. The molecule has 0 unspecified atom stereocenters. The Morgan fingerprint density at radius 1 is 1.06 bits per heavy atom. The molecule has 2 aromatic heterocycles. The largest absolute Gasteiger partial charge is 0.492 e. The van der Waals surface area contributed by atoms with E-state index in [9.17, 15) is 9.50 Å². The molecule has 0 spiro atoms. The van der Waals surface area contributed by atoms with Crippen LogP contribution in [-0.4, -0.2) is 50.8 Å². The van der Waals surface area contributed by atoms with Crippen LogP contribution < -0.4 is 4.90 Å². The van der Waals surface area contributed by atoms with Gasteiger partial charge in [0, 0.05) is 32.6 Å². The van der Waals surface area contributed by atoms with E-state index in [-0.39, 0.29) is 17.7 Å². The molecule has 0 amide bonds. The molecule has 6 nitrogen and oxygen atoms in total. The van der Waals surface area contributed by atoms with Crippen LogP contribution >= 0.6 is 11.3 Å². The number of para-hydroxylation sites is 1. The average Bonchev–Trinajstić information content (AvgIpc) is 3.35. The van der Waals surface area contributed by atoms with Gasteiger partial charge in [0.25, 0.3) is 0 Å². The number of piperazine rings is 1. The summed E-state index contributed by atoms with van der Waals surface area (Å²) in [6.45, 7) is 7.00. The number of halogens is 1. The third-order valence-corrected chi connectivity index (χ3v) is 7.15. The Balaban J connectivity index is 1.48. The normalized spacial score (nSPS) is 16.0. The maximum Gasteiger partial charge on any atom is 0.230 e. The lowest BCUT2D eigenvalue weighted by atomic mass is 10.0. The second kappa shape index (κ2) is 8.52. The van der Waals surface area contributed by atoms with Gasteiger partial charge in [0.2, 0.25) is 10.8 Å². The Bertz CT molecular complexity index is 1230. The van der Waals surface area contributed by atoms with E-state index in [0.29, 0.717) is 23.7 Å². The standard InChI is InChI=1S/C24H26FN5OS/c1-3-20-26-24-30(27-20)23(31)22(32-24)21(17-10-8-16(2)9-11-17)29-14-12-28(13-15-29)19-7-5-4-6-18(19)25/h4-11,21,31H,3,12-15H2,1-2H3/t21-/m1/s1. The van der Waals surface area contributed by atoms with E-state index in [1.165, 1.54) is 23.0 Å². The molecule has 8 heteroatoms. The molecular weight excluding hydrogens is 425 g/mol. The van der Waals surface area contributed by atoms with Gasteiger partial charge >= 0.3 is 0 Å². The minimum Gasteiger partial charge on any atom is -0.492 e. The molecular formula is C24H26FN5OS. The van der Waals surface area contributed by atoms with Crippen molar-refractivity contribution in [2.45, 2.75) is 26.3 Å². The Morgan fingerprint density at radius 3 is 2.44 bits per heavy atom. The summed E-state index contributed by atoms with van der Waals surface area (Å²) in [6.07, 6.45) is 0.725. The van der Waals surface area contributed by atoms with E-state index >= 15 is 0 Å². The van der Waals surface area contributed by atoms with Crippen molar-refractivity contribution in [3.63, 3.8) is 0 Å². The molecule has 1 fully saturated rings. The molecule has 5 rings (SSSR count). The molecule has 32 heavy (non-hydrogen) atoms. The molecule has 1 saturated heterocycles. The van der Waals surface area contributed by atoms with Crippen molar-refractivity contribution in [1.82, 2.24) is 19.5 Å². The zero-order valence-electron chi connectivity index (χ0n) is 18.2. The first kappa shape index (κ1) is 20.9. The highest BCUT2D eigenvalue weighted by molar-refractivity contribution is 7.17. The van der Waals surface area contributed by atoms with Crippen molar-refractivity contribution in [2.24, 2.45) is 0 Å². The molecule has 166 valence electrons. The van der Waals surface area contributed by atoms with E-state index in [1.54, 1.807) is 10.6 Å². The highest BCUT2D eigenvalue weighted by atomic mass is 32.1. The van der Waals surface area contributed by atoms with E-state index in [4.69, 9.17) is 0 Å². The summed E-state index contributed by atoms with van der Waals surface area (Å²) in [6, 6.07) is 15.3. The molecule has 4 aromatic rings. The second-order valence-corrected chi connectivity index (χ2v) is 9.16. The smallest absolute Gasteiger partial charge is 0.230 e. The Kier molecular flexibility index (Phi) is 5.57. The van der Waals surface area contributed by atoms with Gasteiger partial charge in [-0.15, -0.1) is 5.10 Å². The van der Waals surface area contributed by atoms with E-state index in [2.05, 4.69) is 51.1 Å². The Hall–Kier alpha value is -2.97. The molecule has 1 atom stereocenters. The Labute approximate surface area is 190 Å². The first-order valence-electron chi connectivity index (χ1n) is 10.9. The minimum atomic E-state index is -0.189. The van der Waals surface area contributed by atoms with Gasteiger partial charge in [-0.3, -0.25) is 4.90 Å². The number of fused-ring (bicyclic) bond motifs is 1. The fourth-order valence-corrected chi connectivity index (χ4v) is 5.46. The molecule has 1 N–H and O–H groups in total. The summed E-state index contributed by atoms with van der Waals surface area (Å²) in [4.78, 5) is 10.5. The number of hydrogen-bond acceptors (Lipinski definition) is 6. The molecule has 0 saturated carbocycles. The van der Waals surface area contributed by atoms with E-state index in [0.717, 1.165) is 35.8 Å². The highest BCUT2D eigenvalue weighted by Gasteiger charge is 2.32. The quantitative estimate of drug-likeness (QED) is 0.487. The maximum atomic E-state index is 14.3. The lowest BCUT2D eigenvalue weighted by molar-refractivity contribution is 0.210. The molecule has 1 aliphatic heterocycles. The molecule has 1 aliphatic rings. The van der Waals surface area contributed by atoms with Crippen LogP contribution in [0.2, 0.25) is 0 Å². The summed E-state index contributed by atoms with van der Waals surface area (Å²) in [5.74, 6) is 0.689. The van der Waals surface area contributed by atoms with Crippen molar-refractivity contribution in [3.05, 3.63) is 76.2 Å².